The van der Waals surface area contributed by atoms with Crippen molar-refractivity contribution in [1.82, 2.24) is 10.2 Å². The Morgan fingerprint density at radius 3 is 2.70 bits per heavy atom. The van der Waals surface area contributed by atoms with Crippen LogP contribution in [-0.2, 0) is 4.79 Å². The zero-order valence-corrected chi connectivity index (χ0v) is 10.9. The van der Waals surface area contributed by atoms with E-state index in [1.807, 2.05) is 0 Å². The van der Waals surface area contributed by atoms with E-state index < -0.39 is 23.8 Å². The van der Waals surface area contributed by atoms with Gasteiger partial charge in [-0.25, -0.2) is 4.90 Å². The maximum absolute atomic E-state index is 12.4. The van der Waals surface area contributed by atoms with Gasteiger partial charge in [-0.3, -0.25) is 14.4 Å². The summed E-state index contributed by atoms with van der Waals surface area (Å²) in [6.07, 6.45) is 2.55. The molecule has 1 fully saturated rings. The highest BCUT2D eigenvalue weighted by molar-refractivity contribution is 6.31. The summed E-state index contributed by atoms with van der Waals surface area (Å²) in [7, 11) is 0. The smallest absolute Gasteiger partial charge is 0.270 e. The molecule has 20 heavy (non-hydrogen) atoms. The average Bonchev–Trinajstić information content (AvgIpc) is 2.72. The summed E-state index contributed by atoms with van der Waals surface area (Å²) >= 11 is 0. The number of amides is 3. The molecule has 3 N–H and O–H groups in total. The van der Waals surface area contributed by atoms with E-state index in [1.54, 1.807) is 12.1 Å². The molecule has 1 aromatic rings. The third-order valence-corrected chi connectivity index (χ3v) is 3.78. The van der Waals surface area contributed by atoms with Gasteiger partial charge >= 0.3 is 0 Å². The van der Waals surface area contributed by atoms with Crippen molar-refractivity contribution in [3.63, 3.8) is 0 Å². The van der Waals surface area contributed by atoms with E-state index >= 15 is 0 Å². The second-order valence-corrected chi connectivity index (χ2v) is 5.06. The van der Waals surface area contributed by atoms with Gasteiger partial charge in [-0.2, -0.15) is 0 Å². The fourth-order valence-electron chi connectivity index (χ4n) is 2.73. The zero-order valence-electron chi connectivity index (χ0n) is 10.9. The van der Waals surface area contributed by atoms with Crippen molar-refractivity contribution in [2.24, 2.45) is 0 Å². The number of benzene rings is 1. The molecule has 0 aliphatic carbocycles. The molecule has 6 heteroatoms. The van der Waals surface area contributed by atoms with E-state index in [0.29, 0.717) is 6.42 Å². The number of nitrogen functional groups attached to an aromatic ring is 1. The summed E-state index contributed by atoms with van der Waals surface area (Å²) in [6.45, 7) is 0.724. The van der Waals surface area contributed by atoms with Crippen LogP contribution in [0.4, 0.5) is 5.69 Å². The number of rotatable bonds is 1. The van der Waals surface area contributed by atoms with Gasteiger partial charge in [0.2, 0.25) is 0 Å². The fourth-order valence-corrected chi connectivity index (χ4v) is 2.73. The molecule has 0 aromatic heterocycles. The maximum atomic E-state index is 12.4. The van der Waals surface area contributed by atoms with Crippen LogP contribution in [0.5, 0.6) is 0 Å². The van der Waals surface area contributed by atoms with Crippen LogP contribution in [-0.4, -0.2) is 35.2 Å². The van der Waals surface area contributed by atoms with Crippen LogP contribution >= 0.6 is 0 Å². The van der Waals surface area contributed by atoms with Crippen LogP contribution in [0.1, 0.15) is 40.0 Å². The SMILES string of the molecule is Nc1cccc2c1C(=O)N(C(=O)[C@H]1CCCCN1)C2=O. The van der Waals surface area contributed by atoms with Crippen LogP contribution in [0.2, 0.25) is 0 Å². The molecule has 2 aliphatic rings. The third kappa shape index (κ3) is 1.80. The third-order valence-electron chi connectivity index (χ3n) is 3.78. The predicted octanol–water partition coefficient (Wildman–Crippen LogP) is 0.533. The number of carbonyl (C=O) groups is 3. The lowest BCUT2D eigenvalue weighted by atomic mass is 10.0. The molecule has 2 heterocycles. The monoisotopic (exact) mass is 273 g/mol. The molecule has 0 radical (unpaired) electrons. The van der Waals surface area contributed by atoms with Crippen LogP contribution in [0, 0.1) is 0 Å². The standard InChI is InChI=1S/C14H15N3O3/c15-9-5-3-4-8-11(9)14(20)17(12(8)18)13(19)10-6-1-2-7-16-10/h3-5,10,16H,1-2,6-7,15H2/t10-/m1/s1. The van der Waals surface area contributed by atoms with Crippen molar-refractivity contribution < 1.29 is 14.4 Å². The Bertz CT molecular complexity index is 606. The van der Waals surface area contributed by atoms with Crippen molar-refractivity contribution in [2.45, 2.75) is 25.3 Å². The van der Waals surface area contributed by atoms with E-state index in [2.05, 4.69) is 5.32 Å². The van der Waals surface area contributed by atoms with Crippen molar-refractivity contribution in [3.05, 3.63) is 29.3 Å². The summed E-state index contributed by atoms with van der Waals surface area (Å²) < 4.78 is 0. The Hall–Kier alpha value is -2.21. The topological polar surface area (TPSA) is 92.5 Å². The van der Waals surface area contributed by atoms with Crippen LogP contribution in [0.25, 0.3) is 0 Å². The average molecular weight is 273 g/mol. The summed E-state index contributed by atoms with van der Waals surface area (Å²) in [5.41, 5.74) is 6.32. The highest BCUT2D eigenvalue weighted by Crippen LogP contribution is 2.28. The normalized spacial score (nSPS) is 22.0. The van der Waals surface area contributed by atoms with Crippen molar-refractivity contribution in [2.75, 3.05) is 12.3 Å². The number of piperidine rings is 1. The Kier molecular flexibility index (Phi) is 3.02. The summed E-state index contributed by atoms with van der Waals surface area (Å²) in [4.78, 5) is 37.6. The zero-order chi connectivity index (χ0) is 14.3. The predicted molar refractivity (Wildman–Crippen MR) is 72.0 cm³/mol. The number of hydrogen-bond donors (Lipinski definition) is 2. The molecule has 1 saturated heterocycles. The van der Waals surface area contributed by atoms with Gasteiger partial charge in [0.25, 0.3) is 17.7 Å². The molecule has 1 atom stereocenters. The molecule has 0 unspecified atom stereocenters. The molecule has 104 valence electrons. The van der Waals surface area contributed by atoms with E-state index in [4.69, 9.17) is 5.73 Å². The number of nitrogens with two attached hydrogens (primary N) is 1. The van der Waals surface area contributed by atoms with Gasteiger partial charge in [0.15, 0.2) is 0 Å². The van der Waals surface area contributed by atoms with Crippen molar-refractivity contribution in [3.8, 4) is 0 Å². The second-order valence-electron chi connectivity index (χ2n) is 5.06. The van der Waals surface area contributed by atoms with Crippen LogP contribution in [0.3, 0.4) is 0 Å². The first-order valence-corrected chi connectivity index (χ1v) is 6.66. The molecular formula is C14H15N3O3. The van der Waals surface area contributed by atoms with E-state index in [-0.39, 0.29) is 16.8 Å². The molecule has 3 amide bonds. The molecule has 2 aliphatic heterocycles. The highest BCUT2D eigenvalue weighted by Gasteiger charge is 2.43. The molecule has 3 rings (SSSR count). The first-order valence-electron chi connectivity index (χ1n) is 6.66. The lowest BCUT2D eigenvalue weighted by Crippen LogP contribution is -2.50. The quantitative estimate of drug-likeness (QED) is 0.575. The van der Waals surface area contributed by atoms with Crippen LogP contribution < -0.4 is 11.1 Å². The lowest BCUT2D eigenvalue weighted by Gasteiger charge is -2.25. The number of fused-ring (bicyclic) bond motifs is 1. The first kappa shape index (κ1) is 12.8. The number of imide groups is 3. The number of hydrogen-bond acceptors (Lipinski definition) is 5. The summed E-state index contributed by atoms with van der Waals surface area (Å²) in [6, 6.07) is 4.21. The van der Waals surface area contributed by atoms with Gasteiger partial charge in [-0.15, -0.1) is 0 Å². The molecule has 1 aromatic carbocycles. The number of carbonyl (C=O) groups excluding carboxylic acids is 3. The first-order chi connectivity index (χ1) is 9.61. The second kappa shape index (κ2) is 4.72. The summed E-state index contributed by atoms with van der Waals surface area (Å²) in [5.74, 6) is -1.66. The van der Waals surface area contributed by atoms with Gasteiger partial charge in [-0.1, -0.05) is 12.5 Å². The molecule has 0 saturated carbocycles. The Morgan fingerprint density at radius 2 is 2.05 bits per heavy atom. The number of nitrogens with one attached hydrogen (secondary N) is 1. The Labute approximate surface area is 115 Å². The largest absolute Gasteiger partial charge is 0.398 e. The maximum Gasteiger partial charge on any atom is 0.270 e. The van der Waals surface area contributed by atoms with E-state index in [1.165, 1.54) is 6.07 Å². The molecule has 0 bridgehead atoms. The van der Waals surface area contributed by atoms with E-state index in [0.717, 1.165) is 24.3 Å². The van der Waals surface area contributed by atoms with Crippen LogP contribution in [0.15, 0.2) is 18.2 Å². The van der Waals surface area contributed by atoms with Gasteiger partial charge < -0.3 is 11.1 Å². The van der Waals surface area contributed by atoms with Gasteiger partial charge in [0, 0.05) is 5.69 Å². The number of anilines is 1. The Morgan fingerprint density at radius 1 is 1.25 bits per heavy atom. The fraction of sp³-hybridized carbons (Fsp3) is 0.357. The van der Waals surface area contributed by atoms with Gasteiger partial charge in [-0.05, 0) is 31.5 Å². The van der Waals surface area contributed by atoms with E-state index in [9.17, 15) is 14.4 Å². The van der Waals surface area contributed by atoms with Crippen molar-refractivity contribution >= 4 is 23.4 Å². The minimum Gasteiger partial charge on any atom is -0.398 e. The molecular weight excluding hydrogens is 258 g/mol. The van der Waals surface area contributed by atoms with Crippen molar-refractivity contribution in [1.29, 1.82) is 0 Å². The minimum absolute atomic E-state index is 0.140. The Balaban J connectivity index is 1.93. The molecule has 6 nitrogen and oxygen atoms in total. The highest BCUT2D eigenvalue weighted by atomic mass is 16.2. The minimum atomic E-state index is -0.611. The number of nitrogens with zero attached hydrogens (tertiary/aromatic N) is 1. The molecule has 0 spiro atoms. The summed E-state index contributed by atoms with van der Waals surface area (Å²) in [5, 5.41) is 3.05. The van der Waals surface area contributed by atoms with Gasteiger partial charge in [0.05, 0.1) is 17.2 Å². The lowest BCUT2D eigenvalue weighted by molar-refractivity contribution is -0.129. The van der Waals surface area contributed by atoms with Gasteiger partial charge in [0.1, 0.15) is 0 Å².